The number of ether oxygens (including phenoxy) is 1. The molecule has 1 aliphatic carbocycles. The van der Waals surface area contributed by atoms with Crippen molar-refractivity contribution in [3.8, 4) is 22.1 Å². The third kappa shape index (κ3) is 3.88. The summed E-state index contributed by atoms with van der Waals surface area (Å²) < 4.78 is 7.88. The normalized spacial score (nSPS) is 12.9. The molecule has 8 rings (SSSR count). The first-order valence-corrected chi connectivity index (χ1v) is 14.3. The molecule has 0 radical (unpaired) electrons. The molecule has 0 spiro atoms. The third-order valence-electron chi connectivity index (χ3n) is 7.76. The van der Waals surface area contributed by atoms with Crippen molar-refractivity contribution in [1.29, 1.82) is 0 Å². The Bertz CT molecular complexity index is 2000. The van der Waals surface area contributed by atoms with E-state index in [-0.39, 0.29) is 0 Å². The lowest BCUT2D eigenvalue weighted by molar-refractivity contribution is 0.494. The molecule has 0 atom stereocenters. The molecule has 0 saturated heterocycles. The molecule has 7 aromatic rings. The van der Waals surface area contributed by atoms with E-state index in [4.69, 9.17) is 9.72 Å². The van der Waals surface area contributed by atoms with E-state index < -0.39 is 0 Å². The number of pyridine rings is 1. The number of aromatic nitrogens is 2. The van der Waals surface area contributed by atoms with E-state index in [9.17, 15) is 0 Å². The van der Waals surface area contributed by atoms with Crippen LogP contribution >= 0.6 is 11.3 Å². The summed E-state index contributed by atoms with van der Waals surface area (Å²) in [5.74, 6) is 1.66. The Balaban J connectivity index is 1.24. The monoisotopic (exact) mass is 532 g/mol. The van der Waals surface area contributed by atoms with E-state index >= 15 is 0 Å². The van der Waals surface area contributed by atoms with Crippen LogP contribution in [0.4, 0.5) is 0 Å². The van der Waals surface area contributed by atoms with E-state index in [1.165, 1.54) is 32.3 Å². The predicted molar refractivity (Wildman–Crippen MR) is 167 cm³/mol. The zero-order chi connectivity index (χ0) is 26.5. The minimum absolute atomic E-state index is 0.798. The molecular weight excluding hydrogens is 508 g/mol. The van der Waals surface area contributed by atoms with Crippen LogP contribution in [0.3, 0.4) is 0 Å². The summed E-state index contributed by atoms with van der Waals surface area (Å²) in [6.07, 6.45) is 8.24. The van der Waals surface area contributed by atoms with E-state index in [1.807, 2.05) is 30.6 Å². The average molecular weight is 533 g/mol. The Labute approximate surface area is 236 Å². The topological polar surface area (TPSA) is 35.0 Å². The van der Waals surface area contributed by atoms with Crippen LogP contribution in [0, 0.1) is 0 Å². The maximum absolute atomic E-state index is 6.69. The number of nitrogens with zero attached hydrogens (tertiary/aromatic N) is 2. The first-order chi connectivity index (χ1) is 19.8. The van der Waals surface area contributed by atoms with Crippen LogP contribution in [-0.4, -0.2) is 9.97 Å². The fourth-order valence-electron chi connectivity index (χ4n) is 5.85. The van der Waals surface area contributed by atoms with E-state index in [1.54, 1.807) is 11.3 Å². The maximum atomic E-state index is 6.69. The fourth-order valence-corrected chi connectivity index (χ4v) is 6.82. The van der Waals surface area contributed by atoms with Crippen molar-refractivity contribution < 1.29 is 4.74 Å². The summed E-state index contributed by atoms with van der Waals surface area (Å²) in [7, 11) is 0. The molecule has 0 unspecified atom stereocenters. The van der Waals surface area contributed by atoms with Crippen LogP contribution in [0.25, 0.3) is 54.0 Å². The van der Waals surface area contributed by atoms with Gasteiger partial charge in [0.1, 0.15) is 16.5 Å². The van der Waals surface area contributed by atoms with E-state index in [0.29, 0.717) is 0 Å². The molecule has 0 aliphatic heterocycles. The minimum Gasteiger partial charge on any atom is -0.456 e. The molecular formula is C36H24N2OS. The van der Waals surface area contributed by atoms with Crippen molar-refractivity contribution in [2.24, 2.45) is 0 Å². The van der Waals surface area contributed by atoms with Gasteiger partial charge in [0.05, 0.1) is 10.2 Å². The fraction of sp³-hybridized carbons (Fsp3) is 0.0556. The van der Waals surface area contributed by atoms with Gasteiger partial charge in [-0.1, -0.05) is 66.7 Å². The molecule has 4 heteroatoms. The number of thiazole rings is 1. The number of para-hydroxylation sites is 1. The second kappa shape index (κ2) is 9.44. The molecule has 0 fully saturated rings. The van der Waals surface area contributed by atoms with Crippen LogP contribution in [0.5, 0.6) is 11.5 Å². The number of benzene rings is 5. The highest BCUT2D eigenvalue weighted by atomic mass is 32.1. The van der Waals surface area contributed by atoms with Gasteiger partial charge in [0.15, 0.2) is 0 Å². The maximum Gasteiger partial charge on any atom is 0.143 e. The lowest BCUT2D eigenvalue weighted by atomic mass is 9.84. The van der Waals surface area contributed by atoms with Gasteiger partial charge in [-0.3, -0.25) is 4.98 Å². The largest absolute Gasteiger partial charge is 0.456 e. The van der Waals surface area contributed by atoms with Gasteiger partial charge in [0, 0.05) is 34.1 Å². The van der Waals surface area contributed by atoms with Crippen LogP contribution < -0.4 is 4.74 Å². The molecule has 0 N–H and O–H groups in total. The van der Waals surface area contributed by atoms with Crippen molar-refractivity contribution >= 4 is 54.7 Å². The zero-order valence-electron chi connectivity index (χ0n) is 21.7. The SMILES string of the molecule is C1=C(c2c3ccccc3c(Oc3ccc(-c4nc5ccccc5s4)cc3)c3ccncc23)CCc2ccccc21. The summed E-state index contributed by atoms with van der Waals surface area (Å²) in [6, 6.07) is 35.9. The van der Waals surface area contributed by atoms with E-state index in [0.717, 1.165) is 56.6 Å². The van der Waals surface area contributed by atoms with Crippen LogP contribution in [-0.2, 0) is 6.42 Å². The molecule has 40 heavy (non-hydrogen) atoms. The highest BCUT2D eigenvalue weighted by Crippen LogP contribution is 2.45. The smallest absolute Gasteiger partial charge is 0.143 e. The summed E-state index contributed by atoms with van der Waals surface area (Å²) in [5.41, 5.74) is 7.44. The van der Waals surface area contributed by atoms with Crippen molar-refractivity contribution in [3.63, 3.8) is 0 Å². The summed E-state index contributed by atoms with van der Waals surface area (Å²) >= 11 is 1.71. The first-order valence-electron chi connectivity index (χ1n) is 13.5. The quantitative estimate of drug-likeness (QED) is 0.212. The standard InChI is InChI=1S/C36H24N2OS/c1-2-8-25-21-26(14-13-23(25)7-1)34-28-9-3-4-10-29(28)35(30-19-20-37-22-31(30)34)39-27-17-15-24(16-18-27)36-38-32-11-5-6-12-33(32)40-36/h1-12,15-22H,13-14H2. The summed E-state index contributed by atoms with van der Waals surface area (Å²) in [6.45, 7) is 0. The Hall–Kier alpha value is -4.80. The van der Waals surface area contributed by atoms with Crippen LogP contribution in [0.1, 0.15) is 23.1 Å². The highest BCUT2D eigenvalue weighted by Gasteiger charge is 2.20. The second-order valence-corrected chi connectivity index (χ2v) is 11.2. The Kier molecular flexibility index (Phi) is 5.45. The van der Waals surface area contributed by atoms with Gasteiger partial charge in [0.2, 0.25) is 0 Å². The van der Waals surface area contributed by atoms with Crippen LogP contribution in [0.15, 0.2) is 116 Å². The number of aryl methyl sites for hydroxylation is 1. The van der Waals surface area contributed by atoms with Gasteiger partial charge in [-0.2, -0.15) is 0 Å². The van der Waals surface area contributed by atoms with Crippen molar-refractivity contribution in [2.45, 2.75) is 12.8 Å². The highest BCUT2D eigenvalue weighted by molar-refractivity contribution is 7.21. The number of hydrogen-bond donors (Lipinski definition) is 0. The van der Waals surface area contributed by atoms with Crippen molar-refractivity contribution in [1.82, 2.24) is 9.97 Å². The predicted octanol–water partition coefficient (Wildman–Crippen LogP) is 9.94. The lowest BCUT2D eigenvalue weighted by Gasteiger charge is -2.22. The molecule has 1 aliphatic rings. The number of allylic oxidation sites excluding steroid dienone is 1. The molecule has 2 heterocycles. The minimum atomic E-state index is 0.798. The molecule has 5 aromatic carbocycles. The van der Waals surface area contributed by atoms with E-state index in [2.05, 4.69) is 96.0 Å². The van der Waals surface area contributed by atoms with Gasteiger partial charge in [-0.05, 0) is 83.0 Å². The molecule has 190 valence electrons. The second-order valence-electron chi connectivity index (χ2n) is 10.2. The Morgan fingerprint density at radius 1 is 0.675 bits per heavy atom. The summed E-state index contributed by atoms with van der Waals surface area (Å²) in [4.78, 5) is 9.35. The van der Waals surface area contributed by atoms with Gasteiger partial charge >= 0.3 is 0 Å². The van der Waals surface area contributed by atoms with Crippen molar-refractivity contribution in [2.75, 3.05) is 0 Å². The molecule has 0 saturated carbocycles. The third-order valence-corrected chi connectivity index (χ3v) is 8.85. The van der Waals surface area contributed by atoms with Crippen molar-refractivity contribution in [3.05, 3.63) is 132 Å². The summed E-state index contributed by atoms with van der Waals surface area (Å²) in [5, 5.41) is 5.49. The Morgan fingerprint density at radius 3 is 2.35 bits per heavy atom. The number of fused-ring (bicyclic) bond motifs is 4. The first kappa shape index (κ1) is 23.1. The average Bonchev–Trinajstić information content (AvgIpc) is 3.46. The molecule has 0 bridgehead atoms. The molecule has 2 aromatic heterocycles. The number of hydrogen-bond acceptors (Lipinski definition) is 4. The van der Waals surface area contributed by atoms with Gasteiger partial charge in [0.25, 0.3) is 0 Å². The van der Waals surface area contributed by atoms with Gasteiger partial charge in [-0.15, -0.1) is 11.3 Å². The molecule has 3 nitrogen and oxygen atoms in total. The van der Waals surface area contributed by atoms with Crippen LogP contribution in [0.2, 0.25) is 0 Å². The number of rotatable bonds is 4. The lowest BCUT2D eigenvalue weighted by Crippen LogP contribution is -2.01. The molecule has 0 amide bonds. The zero-order valence-corrected chi connectivity index (χ0v) is 22.5. The van der Waals surface area contributed by atoms with Gasteiger partial charge < -0.3 is 4.74 Å². The van der Waals surface area contributed by atoms with Gasteiger partial charge in [-0.25, -0.2) is 4.98 Å². The Morgan fingerprint density at radius 2 is 1.45 bits per heavy atom.